The van der Waals surface area contributed by atoms with Crippen LogP contribution in [0.2, 0.25) is 0 Å². The van der Waals surface area contributed by atoms with Gasteiger partial charge in [0.05, 0.1) is 11.8 Å². The van der Waals surface area contributed by atoms with Crippen molar-refractivity contribution >= 4 is 29.1 Å². The summed E-state index contributed by atoms with van der Waals surface area (Å²) in [5.41, 5.74) is 1.32. The van der Waals surface area contributed by atoms with Gasteiger partial charge in [0.2, 0.25) is 5.91 Å². The molecule has 0 bridgehead atoms. The van der Waals surface area contributed by atoms with E-state index in [4.69, 9.17) is 0 Å². The molecule has 1 aliphatic rings. The van der Waals surface area contributed by atoms with Crippen LogP contribution in [0, 0.1) is 0 Å². The van der Waals surface area contributed by atoms with Gasteiger partial charge in [-0.2, -0.15) is 0 Å². The first kappa shape index (κ1) is 23.5. The summed E-state index contributed by atoms with van der Waals surface area (Å²) < 4.78 is 2.30. The minimum absolute atomic E-state index is 0.00870. The summed E-state index contributed by atoms with van der Waals surface area (Å²) >= 11 is 1.44. The molecule has 1 heterocycles. The second-order valence-corrected chi connectivity index (χ2v) is 9.30. The van der Waals surface area contributed by atoms with Crippen molar-refractivity contribution in [3.05, 3.63) is 35.7 Å². The van der Waals surface area contributed by atoms with E-state index in [0.717, 1.165) is 30.2 Å². The van der Waals surface area contributed by atoms with Gasteiger partial charge in [-0.05, 0) is 64.5 Å². The van der Waals surface area contributed by atoms with E-state index in [1.54, 1.807) is 24.3 Å². The Morgan fingerprint density at radius 3 is 2.42 bits per heavy atom. The summed E-state index contributed by atoms with van der Waals surface area (Å²) in [5, 5.41) is 12.8. The number of ketones is 1. The summed E-state index contributed by atoms with van der Waals surface area (Å²) in [6, 6.07) is 7.57. The van der Waals surface area contributed by atoms with Gasteiger partial charge in [0.15, 0.2) is 16.8 Å². The van der Waals surface area contributed by atoms with Crippen molar-refractivity contribution < 1.29 is 9.59 Å². The molecule has 1 N–H and O–H groups in total. The Kier molecular flexibility index (Phi) is 8.26. The summed E-state index contributed by atoms with van der Waals surface area (Å²) in [6.07, 6.45) is 6.96. The highest BCUT2D eigenvalue weighted by molar-refractivity contribution is 7.99. The predicted molar refractivity (Wildman–Crippen MR) is 125 cm³/mol. The zero-order chi connectivity index (χ0) is 22.4. The summed E-state index contributed by atoms with van der Waals surface area (Å²) in [7, 11) is 4.15. The van der Waals surface area contributed by atoms with Gasteiger partial charge in [-0.15, -0.1) is 10.2 Å². The van der Waals surface area contributed by atoms with Gasteiger partial charge >= 0.3 is 0 Å². The Balaban J connectivity index is 1.72. The van der Waals surface area contributed by atoms with Crippen LogP contribution in [-0.4, -0.2) is 51.2 Å². The molecule has 1 aliphatic carbocycles. The van der Waals surface area contributed by atoms with E-state index in [2.05, 4.69) is 46.0 Å². The van der Waals surface area contributed by atoms with Crippen LogP contribution in [0.3, 0.4) is 0 Å². The molecule has 1 aromatic carbocycles. The molecule has 0 unspecified atom stereocenters. The van der Waals surface area contributed by atoms with Gasteiger partial charge in [0.25, 0.3) is 0 Å². The van der Waals surface area contributed by atoms with Crippen molar-refractivity contribution in [1.82, 2.24) is 19.7 Å². The Morgan fingerprint density at radius 2 is 1.84 bits per heavy atom. The number of rotatable bonds is 9. The quantitative estimate of drug-likeness (QED) is 0.446. The van der Waals surface area contributed by atoms with Gasteiger partial charge in [-0.25, -0.2) is 0 Å². The second-order valence-electron chi connectivity index (χ2n) is 8.36. The normalized spacial score (nSPS) is 15.8. The van der Waals surface area contributed by atoms with Gasteiger partial charge in [-0.1, -0.05) is 37.9 Å². The van der Waals surface area contributed by atoms with Crippen LogP contribution < -0.4 is 5.32 Å². The van der Waals surface area contributed by atoms with Crippen molar-refractivity contribution in [3.8, 4) is 0 Å². The number of Topliss-reactive ketones (excluding diaryl/α,β-unsaturated/α-hetero) is 1. The van der Waals surface area contributed by atoms with E-state index in [9.17, 15) is 9.59 Å². The number of amides is 1. The van der Waals surface area contributed by atoms with Crippen LogP contribution in [-0.2, 0) is 4.79 Å². The zero-order valence-electron chi connectivity index (χ0n) is 18.9. The number of nitrogens with one attached hydrogen (secondary N) is 1. The highest BCUT2D eigenvalue weighted by atomic mass is 32.2. The first-order chi connectivity index (χ1) is 14.9. The SMILES string of the molecule is CC[C@@H](c1nnc(SCC(=O)Nc2ccc(C(C)=O)cc2)n1C1CCCCC1)N(C)C. The molecular formula is C23H33N5O2S. The Bertz CT molecular complexity index is 888. The lowest BCUT2D eigenvalue weighted by Crippen LogP contribution is -2.26. The number of benzene rings is 1. The largest absolute Gasteiger partial charge is 0.325 e. The van der Waals surface area contributed by atoms with Crippen LogP contribution in [0.4, 0.5) is 5.69 Å². The van der Waals surface area contributed by atoms with Crippen LogP contribution >= 0.6 is 11.8 Å². The molecule has 0 saturated heterocycles. The summed E-state index contributed by atoms with van der Waals surface area (Å²) in [6.45, 7) is 3.70. The fourth-order valence-electron chi connectivity index (χ4n) is 4.19. The molecule has 1 aromatic heterocycles. The first-order valence-electron chi connectivity index (χ1n) is 11.1. The smallest absolute Gasteiger partial charge is 0.234 e. The van der Waals surface area contributed by atoms with Gasteiger partial charge < -0.3 is 9.88 Å². The zero-order valence-corrected chi connectivity index (χ0v) is 19.7. The first-order valence-corrected chi connectivity index (χ1v) is 12.0. The lowest BCUT2D eigenvalue weighted by Gasteiger charge is -2.29. The Morgan fingerprint density at radius 1 is 1.16 bits per heavy atom. The van der Waals surface area contributed by atoms with Crippen molar-refractivity contribution in [2.75, 3.05) is 25.2 Å². The number of carbonyl (C=O) groups excluding carboxylic acids is 2. The highest BCUT2D eigenvalue weighted by Gasteiger charge is 2.28. The average Bonchev–Trinajstić information content (AvgIpc) is 3.17. The molecule has 168 valence electrons. The Labute approximate surface area is 189 Å². The summed E-state index contributed by atoms with van der Waals surface area (Å²) in [4.78, 5) is 26.1. The molecular weight excluding hydrogens is 410 g/mol. The van der Waals surface area contributed by atoms with E-state index in [1.165, 1.54) is 37.9 Å². The fourth-order valence-corrected chi connectivity index (χ4v) is 5.00. The monoisotopic (exact) mass is 443 g/mol. The van der Waals surface area contributed by atoms with E-state index in [0.29, 0.717) is 17.3 Å². The van der Waals surface area contributed by atoms with Crippen LogP contribution in [0.25, 0.3) is 0 Å². The average molecular weight is 444 g/mol. The van der Waals surface area contributed by atoms with E-state index in [-0.39, 0.29) is 23.5 Å². The van der Waals surface area contributed by atoms with Crippen molar-refractivity contribution in [3.63, 3.8) is 0 Å². The molecule has 8 heteroatoms. The number of nitrogens with zero attached hydrogens (tertiary/aromatic N) is 4. The third-order valence-electron chi connectivity index (χ3n) is 5.85. The van der Waals surface area contributed by atoms with Crippen molar-refractivity contribution in [2.45, 2.75) is 69.6 Å². The number of thioether (sulfide) groups is 1. The molecule has 0 spiro atoms. The standard InChI is InChI=1S/C23H33N5O2S/c1-5-20(27(3)4)22-25-26-23(28(22)19-9-7-6-8-10-19)31-15-21(30)24-18-13-11-17(12-14-18)16(2)29/h11-14,19-20H,5-10,15H2,1-4H3,(H,24,30)/t20-/m0/s1. The fraction of sp³-hybridized carbons (Fsp3) is 0.565. The maximum Gasteiger partial charge on any atom is 0.234 e. The van der Waals surface area contributed by atoms with E-state index in [1.807, 2.05) is 0 Å². The number of aromatic nitrogens is 3. The Hall–Kier alpha value is -2.19. The van der Waals surface area contributed by atoms with Gasteiger partial charge in [-0.3, -0.25) is 14.5 Å². The van der Waals surface area contributed by atoms with Gasteiger partial charge in [0, 0.05) is 17.3 Å². The molecule has 1 saturated carbocycles. The number of anilines is 1. The molecule has 1 fully saturated rings. The molecule has 0 aliphatic heterocycles. The highest BCUT2D eigenvalue weighted by Crippen LogP contribution is 2.35. The molecule has 3 rings (SSSR count). The van der Waals surface area contributed by atoms with Crippen molar-refractivity contribution in [2.24, 2.45) is 0 Å². The lowest BCUT2D eigenvalue weighted by atomic mass is 9.95. The molecule has 2 aromatic rings. The molecule has 31 heavy (non-hydrogen) atoms. The van der Waals surface area contributed by atoms with Crippen LogP contribution in [0.15, 0.2) is 29.4 Å². The molecule has 1 atom stereocenters. The minimum atomic E-state index is -0.0972. The van der Waals surface area contributed by atoms with Crippen LogP contribution in [0.5, 0.6) is 0 Å². The molecule has 1 amide bonds. The molecule has 7 nitrogen and oxygen atoms in total. The third-order valence-corrected chi connectivity index (χ3v) is 6.79. The van der Waals surface area contributed by atoms with Gasteiger partial charge in [0.1, 0.15) is 0 Å². The van der Waals surface area contributed by atoms with Crippen LogP contribution in [0.1, 0.15) is 80.6 Å². The number of carbonyl (C=O) groups is 2. The number of hydrogen-bond donors (Lipinski definition) is 1. The predicted octanol–water partition coefficient (Wildman–Crippen LogP) is 4.73. The van der Waals surface area contributed by atoms with E-state index < -0.39 is 0 Å². The van der Waals surface area contributed by atoms with Crippen molar-refractivity contribution in [1.29, 1.82) is 0 Å². The maximum absolute atomic E-state index is 12.5. The maximum atomic E-state index is 12.5. The molecule has 0 radical (unpaired) electrons. The summed E-state index contributed by atoms with van der Waals surface area (Å²) in [5.74, 6) is 1.18. The minimum Gasteiger partial charge on any atom is -0.325 e. The lowest BCUT2D eigenvalue weighted by molar-refractivity contribution is -0.113. The number of hydrogen-bond acceptors (Lipinski definition) is 6. The van der Waals surface area contributed by atoms with E-state index >= 15 is 0 Å². The topological polar surface area (TPSA) is 80.1 Å². The second kappa shape index (κ2) is 10.9. The third kappa shape index (κ3) is 5.95.